The number of esters is 1. The van der Waals surface area contributed by atoms with Gasteiger partial charge in [-0.3, -0.25) is 0 Å². The minimum atomic E-state index is -0.794. The SMILES string of the molecule is C=CC(=O)OC(C)(C)O[SiH3]. The van der Waals surface area contributed by atoms with Gasteiger partial charge in [-0.25, -0.2) is 4.79 Å². The van der Waals surface area contributed by atoms with E-state index in [-0.39, 0.29) is 0 Å². The van der Waals surface area contributed by atoms with Crippen LogP contribution in [0.15, 0.2) is 12.7 Å². The van der Waals surface area contributed by atoms with Crippen LogP contribution in [0.3, 0.4) is 0 Å². The Hall–Kier alpha value is -0.613. The minimum absolute atomic E-state index is 0.458. The van der Waals surface area contributed by atoms with Crippen LogP contribution in [0.4, 0.5) is 0 Å². The lowest BCUT2D eigenvalue weighted by Crippen LogP contribution is -2.29. The molecule has 0 saturated carbocycles. The first-order chi connectivity index (χ1) is 4.52. The zero-order valence-corrected chi connectivity index (χ0v) is 8.51. The van der Waals surface area contributed by atoms with Crippen molar-refractivity contribution in [1.82, 2.24) is 0 Å². The quantitative estimate of drug-likeness (QED) is 0.247. The van der Waals surface area contributed by atoms with E-state index in [1.54, 1.807) is 13.8 Å². The Balaban J connectivity index is 3.87. The molecule has 0 saturated heterocycles. The van der Waals surface area contributed by atoms with Gasteiger partial charge in [0.05, 0.1) is 0 Å². The fourth-order valence-corrected chi connectivity index (χ4v) is 0.409. The van der Waals surface area contributed by atoms with Gasteiger partial charge in [0, 0.05) is 19.9 Å². The number of carbonyl (C=O) groups is 1. The lowest BCUT2D eigenvalue weighted by molar-refractivity contribution is -0.179. The predicted molar refractivity (Wildman–Crippen MR) is 41.4 cm³/mol. The minimum Gasteiger partial charge on any atom is -0.432 e. The molecule has 0 aliphatic carbocycles. The van der Waals surface area contributed by atoms with E-state index in [9.17, 15) is 4.79 Å². The molecule has 0 aliphatic rings. The van der Waals surface area contributed by atoms with E-state index in [1.165, 1.54) is 0 Å². The fourth-order valence-electron chi connectivity index (χ4n) is 0.326. The molecule has 0 rings (SSSR count). The maximum absolute atomic E-state index is 10.6. The summed E-state index contributed by atoms with van der Waals surface area (Å²) in [6.45, 7) is 6.62. The van der Waals surface area contributed by atoms with E-state index >= 15 is 0 Å². The van der Waals surface area contributed by atoms with Gasteiger partial charge in [-0.05, 0) is 0 Å². The molecule has 0 heterocycles. The molecule has 0 amide bonds. The van der Waals surface area contributed by atoms with Crippen LogP contribution in [0.25, 0.3) is 0 Å². The summed E-state index contributed by atoms with van der Waals surface area (Å²) in [7, 11) is 0.544. The standard InChI is InChI=1S/C6H12O3Si/c1-4-5(7)8-6(2,3)9-10/h4H,1H2,2-3,10H3. The second-order valence-corrected chi connectivity index (χ2v) is 2.64. The molecule has 0 unspecified atom stereocenters. The molecule has 4 heteroatoms. The number of rotatable bonds is 3. The van der Waals surface area contributed by atoms with Crippen LogP contribution in [-0.2, 0) is 14.0 Å². The molecule has 58 valence electrons. The van der Waals surface area contributed by atoms with Gasteiger partial charge < -0.3 is 9.16 Å². The van der Waals surface area contributed by atoms with E-state index in [0.29, 0.717) is 10.5 Å². The topological polar surface area (TPSA) is 35.5 Å². The van der Waals surface area contributed by atoms with Crippen LogP contribution in [-0.4, -0.2) is 22.2 Å². The van der Waals surface area contributed by atoms with E-state index in [1.807, 2.05) is 0 Å². The van der Waals surface area contributed by atoms with Gasteiger partial charge in [-0.1, -0.05) is 6.58 Å². The maximum atomic E-state index is 10.6. The van der Waals surface area contributed by atoms with Gasteiger partial charge in [0.15, 0.2) is 16.3 Å². The van der Waals surface area contributed by atoms with Gasteiger partial charge >= 0.3 is 5.97 Å². The lowest BCUT2D eigenvalue weighted by atomic mass is 10.4. The van der Waals surface area contributed by atoms with Gasteiger partial charge in [-0.15, -0.1) is 0 Å². The molecule has 0 bridgehead atoms. The highest BCUT2D eigenvalue weighted by Gasteiger charge is 2.18. The van der Waals surface area contributed by atoms with Crippen molar-refractivity contribution >= 4 is 16.5 Å². The Morgan fingerprint density at radius 2 is 2.20 bits per heavy atom. The van der Waals surface area contributed by atoms with Gasteiger partial charge in [0.2, 0.25) is 0 Å². The zero-order valence-electron chi connectivity index (χ0n) is 6.51. The summed E-state index contributed by atoms with van der Waals surface area (Å²) in [5.74, 6) is -1.25. The molecule has 0 N–H and O–H groups in total. The third-order valence-electron chi connectivity index (χ3n) is 1.00. The first-order valence-electron chi connectivity index (χ1n) is 2.92. The highest BCUT2D eigenvalue weighted by atomic mass is 28.2. The number of hydrogen-bond donors (Lipinski definition) is 0. The average molecular weight is 160 g/mol. The Bertz CT molecular complexity index is 142. The molecule has 0 spiro atoms. The summed E-state index contributed by atoms with van der Waals surface area (Å²) in [4.78, 5) is 10.6. The van der Waals surface area contributed by atoms with Crippen molar-refractivity contribution in [1.29, 1.82) is 0 Å². The van der Waals surface area contributed by atoms with E-state index in [0.717, 1.165) is 6.08 Å². The third kappa shape index (κ3) is 3.42. The van der Waals surface area contributed by atoms with Crippen LogP contribution < -0.4 is 0 Å². The summed E-state index contributed by atoms with van der Waals surface area (Å²) < 4.78 is 9.75. The molecule has 3 nitrogen and oxygen atoms in total. The lowest BCUT2D eigenvalue weighted by Gasteiger charge is -2.22. The van der Waals surface area contributed by atoms with Crippen molar-refractivity contribution in [2.75, 3.05) is 0 Å². The maximum Gasteiger partial charge on any atom is 0.332 e. The van der Waals surface area contributed by atoms with Crippen LogP contribution in [0.1, 0.15) is 13.8 Å². The van der Waals surface area contributed by atoms with Crippen molar-refractivity contribution < 1.29 is 14.0 Å². The van der Waals surface area contributed by atoms with Crippen molar-refractivity contribution in [3.05, 3.63) is 12.7 Å². The Morgan fingerprint density at radius 1 is 1.70 bits per heavy atom. The van der Waals surface area contributed by atoms with Crippen LogP contribution in [0.5, 0.6) is 0 Å². The Labute approximate surface area is 63.6 Å². The molecule has 0 aromatic carbocycles. The van der Waals surface area contributed by atoms with Gasteiger partial charge in [0.1, 0.15) is 0 Å². The number of carbonyl (C=O) groups excluding carboxylic acids is 1. The van der Waals surface area contributed by atoms with Crippen molar-refractivity contribution in [2.45, 2.75) is 19.6 Å². The summed E-state index contributed by atoms with van der Waals surface area (Å²) in [6, 6.07) is 0. The van der Waals surface area contributed by atoms with Crippen LogP contribution in [0, 0.1) is 0 Å². The largest absolute Gasteiger partial charge is 0.432 e. The molecular formula is C6H12O3Si. The molecular weight excluding hydrogens is 148 g/mol. The Kier molecular flexibility index (Phi) is 3.31. The molecule has 0 aliphatic heterocycles. The first kappa shape index (κ1) is 9.39. The number of ether oxygens (including phenoxy) is 1. The molecule has 0 aromatic heterocycles. The smallest absolute Gasteiger partial charge is 0.332 e. The zero-order chi connectivity index (χ0) is 8.20. The summed E-state index contributed by atoms with van der Waals surface area (Å²) in [5.41, 5.74) is 0. The highest BCUT2D eigenvalue weighted by Crippen LogP contribution is 2.08. The van der Waals surface area contributed by atoms with E-state index < -0.39 is 11.8 Å². The monoisotopic (exact) mass is 160 g/mol. The summed E-state index contributed by atoms with van der Waals surface area (Å²) >= 11 is 0. The van der Waals surface area contributed by atoms with Crippen LogP contribution >= 0.6 is 0 Å². The Morgan fingerprint density at radius 3 is 2.50 bits per heavy atom. The van der Waals surface area contributed by atoms with Crippen molar-refractivity contribution in [3.8, 4) is 0 Å². The second-order valence-electron chi connectivity index (χ2n) is 2.23. The van der Waals surface area contributed by atoms with E-state index in [4.69, 9.17) is 9.16 Å². The second kappa shape index (κ2) is 3.53. The van der Waals surface area contributed by atoms with Crippen molar-refractivity contribution in [2.24, 2.45) is 0 Å². The van der Waals surface area contributed by atoms with E-state index in [2.05, 4.69) is 6.58 Å². The highest BCUT2D eigenvalue weighted by molar-refractivity contribution is 5.98. The molecule has 0 atom stereocenters. The molecule has 0 aromatic rings. The average Bonchev–Trinajstić information content (AvgIpc) is 1.87. The summed E-state index contributed by atoms with van der Waals surface area (Å²) in [5, 5.41) is 0. The summed E-state index contributed by atoms with van der Waals surface area (Å²) in [6.07, 6.45) is 1.11. The van der Waals surface area contributed by atoms with Gasteiger partial charge in [0.25, 0.3) is 0 Å². The number of hydrogen-bond acceptors (Lipinski definition) is 3. The normalized spacial score (nSPS) is 11.0. The van der Waals surface area contributed by atoms with Crippen LogP contribution in [0.2, 0.25) is 0 Å². The predicted octanol–water partition coefficient (Wildman–Crippen LogP) is -0.251. The fraction of sp³-hybridized carbons (Fsp3) is 0.500. The molecule has 10 heavy (non-hydrogen) atoms. The first-order valence-corrected chi connectivity index (χ1v) is 3.74. The third-order valence-corrected chi connectivity index (χ3v) is 1.99. The van der Waals surface area contributed by atoms with Crippen molar-refractivity contribution in [3.63, 3.8) is 0 Å². The van der Waals surface area contributed by atoms with Gasteiger partial charge in [-0.2, -0.15) is 0 Å². The molecule has 0 radical (unpaired) electrons. The molecule has 0 fully saturated rings.